The summed E-state index contributed by atoms with van der Waals surface area (Å²) in [6, 6.07) is 2.92. The minimum Gasteiger partial charge on any atom is -0.452 e. The first-order valence-corrected chi connectivity index (χ1v) is 4.99. The average molecular weight is 249 g/mol. The van der Waals surface area contributed by atoms with E-state index < -0.39 is 12.1 Å². The fraction of sp³-hybridized carbons (Fsp3) is 0.500. The molecule has 0 aliphatic carbocycles. The molecule has 0 fully saturated rings. The van der Waals surface area contributed by atoms with Crippen LogP contribution in [0, 0.1) is 0 Å². The SMILES string of the molecule is COCC(COC)OC(=O)c1ccc(Cl)o1. The lowest BCUT2D eigenvalue weighted by Gasteiger charge is -2.14. The Labute approximate surface area is 98.2 Å². The number of rotatable bonds is 6. The smallest absolute Gasteiger partial charge is 0.374 e. The zero-order valence-electron chi connectivity index (χ0n) is 9.07. The van der Waals surface area contributed by atoms with Gasteiger partial charge in [-0.1, -0.05) is 0 Å². The number of methoxy groups -OCH3 is 2. The number of ether oxygens (including phenoxy) is 3. The molecule has 5 nitrogen and oxygen atoms in total. The lowest BCUT2D eigenvalue weighted by Crippen LogP contribution is -2.27. The molecule has 0 spiro atoms. The van der Waals surface area contributed by atoms with Crippen molar-refractivity contribution < 1.29 is 23.4 Å². The third-order valence-electron chi connectivity index (χ3n) is 1.75. The minimum absolute atomic E-state index is 0.0576. The van der Waals surface area contributed by atoms with Crippen molar-refractivity contribution in [2.24, 2.45) is 0 Å². The van der Waals surface area contributed by atoms with Crippen LogP contribution in [0.4, 0.5) is 0 Å². The van der Waals surface area contributed by atoms with Crippen LogP contribution in [0.1, 0.15) is 10.6 Å². The summed E-state index contributed by atoms with van der Waals surface area (Å²) in [5, 5.41) is 0.141. The summed E-state index contributed by atoms with van der Waals surface area (Å²) >= 11 is 5.54. The molecule has 0 bridgehead atoms. The zero-order valence-corrected chi connectivity index (χ0v) is 9.82. The summed E-state index contributed by atoms with van der Waals surface area (Å²) in [5.41, 5.74) is 0. The van der Waals surface area contributed by atoms with Gasteiger partial charge in [-0.2, -0.15) is 0 Å². The van der Waals surface area contributed by atoms with Crippen molar-refractivity contribution in [3.8, 4) is 0 Å². The van der Waals surface area contributed by atoms with Gasteiger partial charge in [-0.25, -0.2) is 4.79 Å². The molecule has 0 saturated carbocycles. The second kappa shape index (κ2) is 6.52. The molecule has 1 rings (SSSR count). The highest BCUT2D eigenvalue weighted by molar-refractivity contribution is 6.29. The average Bonchev–Trinajstić information content (AvgIpc) is 2.65. The third-order valence-corrected chi connectivity index (χ3v) is 1.96. The molecule has 1 aromatic heterocycles. The van der Waals surface area contributed by atoms with E-state index in [0.717, 1.165) is 0 Å². The maximum absolute atomic E-state index is 11.5. The van der Waals surface area contributed by atoms with Crippen molar-refractivity contribution in [2.75, 3.05) is 27.4 Å². The van der Waals surface area contributed by atoms with Crippen molar-refractivity contribution in [3.05, 3.63) is 23.1 Å². The molecule has 1 aromatic rings. The standard InChI is InChI=1S/C10H13ClO5/c1-13-5-7(6-14-2)15-10(12)8-3-4-9(11)16-8/h3-4,7H,5-6H2,1-2H3. The molecular formula is C10H13ClO5. The summed E-state index contributed by atoms with van der Waals surface area (Å²) in [4.78, 5) is 11.5. The van der Waals surface area contributed by atoms with Crippen molar-refractivity contribution in [1.29, 1.82) is 0 Å². The lowest BCUT2D eigenvalue weighted by molar-refractivity contribution is -0.0244. The van der Waals surface area contributed by atoms with Crippen LogP contribution in [0.3, 0.4) is 0 Å². The maximum atomic E-state index is 11.5. The summed E-state index contributed by atoms with van der Waals surface area (Å²) in [6.45, 7) is 0.516. The Kier molecular flexibility index (Phi) is 5.31. The van der Waals surface area contributed by atoms with Crippen LogP contribution < -0.4 is 0 Å². The number of furan rings is 1. The van der Waals surface area contributed by atoms with Gasteiger partial charge in [0, 0.05) is 14.2 Å². The van der Waals surface area contributed by atoms with E-state index in [4.69, 9.17) is 30.2 Å². The van der Waals surface area contributed by atoms with Crippen LogP contribution in [-0.2, 0) is 14.2 Å². The Morgan fingerprint density at radius 1 is 1.38 bits per heavy atom. The largest absolute Gasteiger partial charge is 0.452 e. The molecule has 0 saturated heterocycles. The van der Waals surface area contributed by atoms with Crippen LogP contribution in [-0.4, -0.2) is 39.5 Å². The highest BCUT2D eigenvalue weighted by Crippen LogP contribution is 2.14. The Morgan fingerprint density at radius 2 is 2.00 bits per heavy atom. The maximum Gasteiger partial charge on any atom is 0.374 e. The van der Waals surface area contributed by atoms with E-state index in [1.807, 2.05) is 0 Å². The van der Waals surface area contributed by atoms with Crippen molar-refractivity contribution in [3.63, 3.8) is 0 Å². The Hall–Kier alpha value is -1.04. The summed E-state index contributed by atoms with van der Waals surface area (Å²) < 4.78 is 19.8. The monoisotopic (exact) mass is 248 g/mol. The van der Waals surface area contributed by atoms with E-state index >= 15 is 0 Å². The quantitative estimate of drug-likeness (QED) is 0.718. The molecule has 1 heterocycles. The number of carbonyl (C=O) groups excluding carboxylic acids is 1. The van der Waals surface area contributed by atoms with E-state index in [2.05, 4.69) is 0 Å². The molecule has 0 unspecified atom stereocenters. The first-order chi connectivity index (χ1) is 7.67. The predicted molar refractivity (Wildman–Crippen MR) is 56.7 cm³/mol. The van der Waals surface area contributed by atoms with Gasteiger partial charge in [0.15, 0.2) is 5.22 Å². The van der Waals surface area contributed by atoms with Gasteiger partial charge in [-0.05, 0) is 23.7 Å². The third kappa shape index (κ3) is 3.84. The fourth-order valence-corrected chi connectivity index (χ4v) is 1.27. The Balaban J connectivity index is 2.54. The molecule has 0 aliphatic heterocycles. The molecule has 90 valence electrons. The fourth-order valence-electron chi connectivity index (χ4n) is 1.12. The van der Waals surface area contributed by atoms with Gasteiger partial charge in [0.2, 0.25) is 5.76 Å². The molecule has 0 aliphatic rings. The van der Waals surface area contributed by atoms with Crippen molar-refractivity contribution >= 4 is 17.6 Å². The summed E-state index contributed by atoms with van der Waals surface area (Å²) in [7, 11) is 3.03. The molecule has 0 amide bonds. The van der Waals surface area contributed by atoms with Crippen LogP contribution in [0.25, 0.3) is 0 Å². The van der Waals surface area contributed by atoms with Gasteiger partial charge in [0.25, 0.3) is 0 Å². The number of carbonyl (C=O) groups is 1. The Morgan fingerprint density at radius 3 is 2.44 bits per heavy atom. The number of hydrogen-bond acceptors (Lipinski definition) is 5. The molecule has 16 heavy (non-hydrogen) atoms. The van der Waals surface area contributed by atoms with Gasteiger partial charge in [-0.15, -0.1) is 0 Å². The predicted octanol–water partition coefficient (Wildman–Crippen LogP) is 1.75. The highest BCUT2D eigenvalue weighted by Gasteiger charge is 2.18. The van der Waals surface area contributed by atoms with Gasteiger partial charge >= 0.3 is 5.97 Å². The van der Waals surface area contributed by atoms with Crippen LogP contribution in [0.15, 0.2) is 16.5 Å². The molecule has 0 atom stereocenters. The molecule has 6 heteroatoms. The first kappa shape index (κ1) is 13.0. The van der Waals surface area contributed by atoms with Crippen molar-refractivity contribution in [2.45, 2.75) is 6.10 Å². The number of halogens is 1. The Bertz CT molecular complexity index is 330. The highest BCUT2D eigenvalue weighted by atomic mass is 35.5. The second-order valence-corrected chi connectivity index (χ2v) is 3.41. The topological polar surface area (TPSA) is 57.9 Å². The summed E-state index contributed by atoms with van der Waals surface area (Å²) in [5.74, 6) is -0.534. The van der Waals surface area contributed by atoms with Gasteiger partial charge < -0.3 is 18.6 Å². The minimum atomic E-state index is -0.592. The molecule has 0 N–H and O–H groups in total. The van der Waals surface area contributed by atoms with Crippen LogP contribution in [0.2, 0.25) is 5.22 Å². The van der Waals surface area contributed by atoms with Gasteiger partial charge in [0.05, 0.1) is 13.2 Å². The number of esters is 1. The molecular weight excluding hydrogens is 236 g/mol. The van der Waals surface area contributed by atoms with E-state index in [1.54, 1.807) is 0 Å². The van der Waals surface area contributed by atoms with Crippen LogP contribution in [0.5, 0.6) is 0 Å². The van der Waals surface area contributed by atoms with Crippen LogP contribution >= 0.6 is 11.6 Å². The van der Waals surface area contributed by atoms with E-state index in [1.165, 1.54) is 26.4 Å². The van der Waals surface area contributed by atoms with Gasteiger partial charge in [-0.3, -0.25) is 0 Å². The molecule has 0 radical (unpaired) electrons. The normalized spacial score (nSPS) is 10.8. The number of hydrogen-bond donors (Lipinski definition) is 0. The van der Waals surface area contributed by atoms with Gasteiger partial charge in [0.1, 0.15) is 6.10 Å². The summed E-state index contributed by atoms with van der Waals surface area (Å²) in [6.07, 6.45) is -0.466. The van der Waals surface area contributed by atoms with E-state index in [9.17, 15) is 4.79 Å². The second-order valence-electron chi connectivity index (χ2n) is 3.04. The molecule has 0 aromatic carbocycles. The first-order valence-electron chi connectivity index (χ1n) is 4.61. The zero-order chi connectivity index (χ0) is 12.0. The van der Waals surface area contributed by atoms with E-state index in [-0.39, 0.29) is 24.2 Å². The van der Waals surface area contributed by atoms with Crippen molar-refractivity contribution in [1.82, 2.24) is 0 Å². The lowest BCUT2D eigenvalue weighted by atomic mass is 10.4. The van der Waals surface area contributed by atoms with E-state index in [0.29, 0.717) is 0 Å².